The first-order valence-corrected chi connectivity index (χ1v) is 10.1. The van der Waals surface area contributed by atoms with Crippen LogP contribution >= 0.6 is 0 Å². The minimum Gasteiger partial charge on any atom is -0.387 e. The number of fused-ring (bicyclic) bond motifs is 1. The maximum absolute atomic E-state index is 12.8. The SMILES string of the molecule is CO[C@@H](C(=O)N[C@H]1CNc2ccccc2N(C)C1=O)[C@H](O)C(O)[C@H](O)/C=C/C(C)(C)C. The summed E-state index contributed by atoms with van der Waals surface area (Å²) < 4.78 is 5.08. The van der Waals surface area contributed by atoms with Gasteiger partial charge < -0.3 is 35.6 Å². The van der Waals surface area contributed by atoms with Crippen molar-refractivity contribution in [2.24, 2.45) is 5.41 Å². The molecule has 1 unspecified atom stereocenters. The van der Waals surface area contributed by atoms with Crippen molar-refractivity contribution in [2.75, 3.05) is 30.9 Å². The highest BCUT2D eigenvalue weighted by Gasteiger charge is 2.38. The Labute approximate surface area is 182 Å². The lowest BCUT2D eigenvalue weighted by molar-refractivity contribution is -0.150. The molecular weight excluding hydrogens is 402 g/mol. The van der Waals surface area contributed by atoms with E-state index in [9.17, 15) is 24.9 Å². The predicted octanol–water partition coefficient (Wildman–Crippen LogP) is 0.260. The van der Waals surface area contributed by atoms with E-state index >= 15 is 0 Å². The van der Waals surface area contributed by atoms with Crippen molar-refractivity contribution in [2.45, 2.75) is 51.2 Å². The molecule has 1 aliphatic rings. The summed E-state index contributed by atoms with van der Waals surface area (Å²) in [6, 6.07) is 6.34. The van der Waals surface area contributed by atoms with Crippen LogP contribution in [0.3, 0.4) is 0 Å². The number of carbonyl (C=O) groups is 2. The van der Waals surface area contributed by atoms with Crippen LogP contribution in [0, 0.1) is 5.41 Å². The highest BCUT2D eigenvalue weighted by atomic mass is 16.5. The monoisotopic (exact) mass is 435 g/mol. The summed E-state index contributed by atoms with van der Waals surface area (Å²) in [5, 5.41) is 36.6. The molecule has 0 aliphatic carbocycles. The summed E-state index contributed by atoms with van der Waals surface area (Å²) in [6.45, 7) is 5.88. The summed E-state index contributed by atoms with van der Waals surface area (Å²) in [5.41, 5.74) is 1.19. The van der Waals surface area contributed by atoms with Crippen LogP contribution in [0.2, 0.25) is 0 Å². The maximum Gasteiger partial charge on any atom is 0.252 e. The van der Waals surface area contributed by atoms with Gasteiger partial charge in [-0.05, 0) is 17.5 Å². The average molecular weight is 436 g/mol. The first kappa shape index (κ1) is 24.8. The van der Waals surface area contributed by atoms with E-state index in [2.05, 4.69) is 10.6 Å². The molecule has 0 radical (unpaired) electrons. The number of hydrogen-bond donors (Lipinski definition) is 5. The largest absolute Gasteiger partial charge is 0.387 e. The van der Waals surface area contributed by atoms with Gasteiger partial charge in [-0.2, -0.15) is 0 Å². The van der Waals surface area contributed by atoms with Crippen LogP contribution in [0.15, 0.2) is 36.4 Å². The van der Waals surface area contributed by atoms with Gasteiger partial charge in [-0.3, -0.25) is 9.59 Å². The number of allylic oxidation sites excluding steroid dienone is 1. The van der Waals surface area contributed by atoms with Gasteiger partial charge in [-0.1, -0.05) is 45.1 Å². The van der Waals surface area contributed by atoms with Crippen molar-refractivity contribution in [3.63, 3.8) is 0 Å². The molecule has 0 bridgehead atoms. The normalized spacial score (nSPS) is 21.0. The van der Waals surface area contributed by atoms with E-state index in [0.717, 1.165) is 5.69 Å². The number of para-hydroxylation sites is 2. The zero-order valence-corrected chi connectivity index (χ0v) is 18.6. The zero-order valence-electron chi connectivity index (χ0n) is 18.6. The van der Waals surface area contributed by atoms with Crippen molar-refractivity contribution < 1.29 is 29.6 Å². The number of anilines is 2. The van der Waals surface area contributed by atoms with Crippen molar-refractivity contribution in [1.82, 2.24) is 5.32 Å². The fourth-order valence-corrected chi connectivity index (χ4v) is 3.22. The predicted molar refractivity (Wildman–Crippen MR) is 118 cm³/mol. The molecular formula is C22H33N3O6. The molecule has 0 saturated carbocycles. The van der Waals surface area contributed by atoms with Crippen molar-refractivity contribution >= 4 is 23.2 Å². The molecule has 0 aromatic heterocycles. The van der Waals surface area contributed by atoms with Crippen LogP contribution in [0.4, 0.5) is 11.4 Å². The number of benzene rings is 1. The van der Waals surface area contributed by atoms with Gasteiger partial charge in [0.05, 0.1) is 11.4 Å². The van der Waals surface area contributed by atoms with Gasteiger partial charge in [0.1, 0.15) is 24.4 Å². The van der Waals surface area contributed by atoms with Crippen LogP contribution in [-0.2, 0) is 14.3 Å². The lowest BCUT2D eigenvalue weighted by Crippen LogP contribution is -2.57. The number of rotatable bonds is 7. The highest BCUT2D eigenvalue weighted by molar-refractivity contribution is 6.03. The second kappa shape index (κ2) is 10.2. The molecule has 5 atom stereocenters. The van der Waals surface area contributed by atoms with E-state index in [1.165, 1.54) is 18.1 Å². The molecule has 1 aromatic carbocycles. The Balaban J connectivity index is 2.08. The maximum atomic E-state index is 12.8. The van der Waals surface area contributed by atoms with Crippen LogP contribution in [0.5, 0.6) is 0 Å². The molecule has 0 spiro atoms. The number of nitrogens with zero attached hydrogens (tertiary/aromatic N) is 1. The lowest BCUT2D eigenvalue weighted by Gasteiger charge is -2.29. The summed E-state index contributed by atoms with van der Waals surface area (Å²) in [5.74, 6) is -1.12. The number of methoxy groups -OCH3 is 1. The minimum atomic E-state index is -1.71. The van der Waals surface area contributed by atoms with Gasteiger partial charge >= 0.3 is 0 Å². The van der Waals surface area contributed by atoms with Crippen LogP contribution in [-0.4, -0.2) is 78.3 Å². The quantitative estimate of drug-likeness (QED) is 0.388. The van der Waals surface area contributed by atoms with Gasteiger partial charge in [0.25, 0.3) is 11.8 Å². The van der Waals surface area contributed by atoms with E-state index in [1.807, 2.05) is 32.9 Å². The molecule has 2 amide bonds. The zero-order chi connectivity index (χ0) is 23.3. The van der Waals surface area contributed by atoms with Crippen LogP contribution < -0.4 is 15.5 Å². The smallest absolute Gasteiger partial charge is 0.252 e. The Morgan fingerprint density at radius 3 is 2.52 bits per heavy atom. The first-order valence-electron chi connectivity index (χ1n) is 10.1. The molecule has 0 saturated heterocycles. The number of nitrogens with one attached hydrogen (secondary N) is 2. The molecule has 1 aliphatic heterocycles. The van der Waals surface area contributed by atoms with Gasteiger partial charge in [0, 0.05) is 20.7 Å². The Morgan fingerprint density at radius 2 is 1.90 bits per heavy atom. The molecule has 2 rings (SSSR count). The van der Waals surface area contributed by atoms with E-state index in [0.29, 0.717) is 5.69 Å². The number of hydrogen-bond acceptors (Lipinski definition) is 7. The number of carbonyl (C=O) groups excluding carboxylic acids is 2. The third-order valence-corrected chi connectivity index (χ3v) is 5.02. The van der Waals surface area contributed by atoms with Gasteiger partial charge in [0.15, 0.2) is 6.10 Å². The van der Waals surface area contributed by atoms with Crippen LogP contribution in [0.25, 0.3) is 0 Å². The van der Waals surface area contributed by atoms with Crippen molar-refractivity contribution in [3.05, 3.63) is 36.4 Å². The third kappa shape index (κ3) is 6.27. The molecule has 172 valence electrons. The third-order valence-electron chi connectivity index (χ3n) is 5.02. The molecule has 1 aromatic rings. The first-order chi connectivity index (χ1) is 14.5. The summed E-state index contributed by atoms with van der Waals surface area (Å²) >= 11 is 0. The topological polar surface area (TPSA) is 131 Å². The Morgan fingerprint density at radius 1 is 1.26 bits per heavy atom. The lowest BCUT2D eigenvalue weighted by atomic mass is 9.94. The minimum absolute atomic E-state index is 0.137. The highest BCUT2D eigenvalue weighted by Crippen LogP contribution is 2.27. The standard InChI is InChI=1S/C22H33N3O6/c1-22(2,3)11-10-16(26)17(27)18(28)19(31-5)20(29)24-14-12-23-13-8-6-7-9-15(13)25(4)21(14)30/h6-11,14,16-19,23,26-28H,12H2,1-5H3,(H,24,29)/b11-10+/t14-,16+,17?,18+,19+/m0/s1. The summed E-state index contributed by atoms with van der Waals surface area (Å²) in [4.78, 5) is 27.0. The number of amides is 2. The second-order valence-electron chi connectivity index (χ2n) is 8.71. The van der Waals surface area contributed by atoms with Gasteiger partial charge in [0.2, 0.25) is 0 Å². The average Bonchev–Trinajstić information content (AvgIpc) is 2.83. The Hall–Kier alpha value is -2.46. The Kier molecular flexibility index (Phi) is 8.19. The molecule has 31 heavy (non-hydrogen) atoms. The number of ether oxygens (including phenoxy) is 1. The fraction of sp³-hybridized carbons (Fsp3) is 0.545. The number of aliphatic hydroxyl groups is 3. The van der Waals surface area contributed by atoms with E-state index in [4.69, 9.17) is 4.74 Å². The molecule has 5 N–H and O–H groups in total. The van der Waals surface area contributed by atoms with Crippen molar-refractivity contribution in [1.29, 1.82) is 0 Å². The van der Waals surface area contributed by atoms with E-state index in [-0.39, 0.29) is 17.9 Å². The van der Waals surface area contributed by atoms with Gasteiger partial charge in [-0.15, -0.1) is 0 Å². The van der Waals surface area contributed by atoms with E-state index in [1.54, 1.807) is 25.3 Å². The molecule has 0 fully saturated rings. The summed E-state index contributed by atoms with van der Waals surface area (Å²) in [6.07, 6.45) is -3.21. The van der Waals surface area contributed by atoms with Crippen molar-refractivity contribution in [3.8, 4) is 0 Å². The summed E-state index contributed by atoms with van der Waals surface area (Å²) in [7, 11) is 2.81. The Bertz CT molecular complexity index is 807. The fourth-order valence-electron chi connectivity index (χ4n) is 3.22. The van der Waals surface area contributed by atoms with Crippen LogP contribution in [0.1, 0.15) is 20.8 Å². The molecule has 9 heteroatoms. The van der Waals surface area contributed by atoms with Gasteiger partial charge in [-0.25, -0.2) is 0 Å². The second-order valence-corrected chi connectivity index (χ2v) is 8.71. The molecule has 1 heterocycles. The number of likely N-dealkylation sites (N-methyl/N-ethyl adjacent to an activating group) is 1. The molecule has 9 nitrogen and oxygen atoms in total. The van der Waals surface area contributed by atoms with E-state index < -0.39 is 36.4 Å². The number of aliphatic hydroxyl groups excluding tert-OH is 3.